The zero-order valence-corrected chi connectivity index (χ0v) is 15.3. The van der Waals surface area contributed by atoms with Crippen molar-refractivity contribution in [3.63, 3.8) is 0 Å². The standard InChI is InChI=1S/C21H22N4O2/c1-14-6-7-18-17(10-14)19-20(24-18)21(23-13-22-19)25(11-15-4-2-8-26-15)12-16-5-3-9-27-16/h2,4,6-8,10,13,16,24H,3,5,9,11-12H2,1H3. The molecular weight excluding hydrogens is 340 g/mol. The molecule has 6 nitrogen and oxygen atoms in total. The van der Waals surface area contributed by atoms with Crippen molar-refractivity contribution in [1.29, 1.82) is 0 Å². The van der Waals surface area contributed by atoms with E-state index in [1.54, 1.807) is 12.6 Å². The number of aromatic amines is 1. The lowest BCUT2D eigenvalue weighted by molar-refractivity contribution is 0.115. The third-order valence-corrected chi connectivity index (χ3v) is 5.19. The summed E-state index contributed by atoms with van der Waals surface area (Å²) in [7, 11) is 0. The highest BCUT2D eigenvalue weighted by Crippen LogP contribution is 2.31. The minimum Gasteiger partial charge on any atom is -0.467 e. The highest BCUT2D eigenvalue weighted by Gasteiger charge is 2.23. The van der Waals surface area contributed by atoms with Crippen LogP contribution in [0.2, 0.25) is 0 Å². The number of nitrogens with zero attached hydrogens (tertiary/aromatic N) is 3. The number of fused-ring (bicyclic) bond motifs is 3. The van der Waals surface area contributed by atoms with E-state index in [1.807, 2.05) is 12.1 Å². The van der Waals surface area contributed by atoms with Crippen LogP contribution in [0.3, 0.4) is 0 Å². The van der Waals surface area contributed by atoms with Crippen molar-refractivity contribution >= 4 is 27.8 Å². The molecule has 1 aromatic carbocycles. The molecule has 1 N–H and O–H groups in total. The maximum atomic E-state index is 5.88. The minimum absolute atomic E-state index is 0.219. The van der Waals surface area contributed by atoms with Gasteiger partial charge in [0, 0.05) is 24.1 Å². The van der Waals surface area contributed by atoms with Crippen molar-refractivity contribution < 1.29 is 9.15 Å². The molecule has 0 bridgehead atoms. The number of ether oxygens (including phenoxy) is 1. The van der Waals surface area contributed by atoms with Gasteiger partial charge in [-0.15, -0.1) is 0 Å². The summed E-state index contributed by atoms with van der Waals surface area (Å²) < 4.78 is 11.5. The topological polar surface area (TPSA) is 67.2 Å². The molecule has 3 aromatic heterocycles. The van der Waals surface area contributed by atoms with Gasteiger partial charge in [0.05, 0.1) is 18.9 Å². The summed E-state index contributed by atoms with van der Waals surface area (Å²) in [4.78, 5) is 15.0. The molecule has 4 heterocycles. The summed E-state index contributed by atoms with van der Waals surface area (Å²) in [5, 5.41) is 1.13. The maximum absolute atomic E-state index is 5.88. The van der Waals surface area contributed by atoms with Gasteiger partial charge in [0.15, 0.2) is 5.82 Å². The second-order valence-electron chi connectivity index (χ2n) is 7.19. The van der Waals surface area contributed by atoms with Crippen LogP contribution in [0.25, 0.3) is 21.9 Å². The Hall–Kier alpha value is -2.86. The van der Waals surface area contributed by atoms with Crippen LogP contribution in [0.5, 0.6) is 0 Å². The number of nitrogens with one attached hydrogen (secondary N) is 1. The Bertz CT molecular complexity index is 1060. The fraction of sp³-hybridized carbons (Fsp3) is 0.333. The largest absolute Gasteiger partial charge is 0.467 e. The molecule has 1 saturated heterocycles. The molecule has 0 amide bonds. The minimum atomic E-state index is 0.219. The zero-order chi connectivity index (χ0) is 18.2. The molecule has 0 spiro atoms. The van der Waals surface area contributed by atoms with Gasteiger partial charge in [0.1, 0.15) is 23.1 Å². The molecule has 138 valence electrons. The number of rotatable bonds is 5. The van der Waals surface area contributed by atoms with Crippen molar-refractivity contribution in [1.82, 2.24) is 15.0 Å². The monoisotopic (exact) mass is 362 g/mol. The molecule has 0 aliphatic carbocycles. The first-order valence-corrected chi connectivity index (χ1v) is 9.40. The molecule has 1 unspecified atom stereocenters. The number of benzene rings is 1. The second-order valence-corrected chi connectivity index (χ2v) is 7.19. The molecule has 1 aliphatic heterocycles. The van der Waals surface area contributed by atoms with Crippen LogP contribution in [0.4, 0.5) is 5.82 Å². The molecule has 0 saturated carbocycles. The Kier molecular flexibility index (Phi) is 4.05. The Labute approximate surface area is 157 Å². The van der Waals surface area contributed by atoms with Gasteiger partial charge in [-0.05, 0) is 44.0 Å². The molecule has 4 aromatic rings. The Morgan fingerprint density at radius 1 is 1.26 bits per heavy atom. The van der Waals surface area contributed by atoms with Gasteiger partial charge < -0.3 is 19.0 Å². The van der Waals surface area contributed by atoms with Crippen LogP contribution >= 0.6 is 0 Å². The molecular formula is C21H22N4O2. The van der Waals surface area contributed by atoms with E-state index in [-0.39, 0.29) is 6.10 Å². The highest BCUT2D eigenvalue weighted by atomic mass is 16.5. The summed E-state index contributed by atoms with van der Waals surface area (Å²) in [6.45, 7) is 4.36. The lowest BCUT2D eigenvalue weighted by Gasteiger charge is -2.25. The third-order valence-electron chi connectivity index (χ3n) is 5.19. The average molecular weight is 362 g/mol. The van der Waals surface area contributed by atoms with Crippen LogP contribution in [-0.2, 0) is 11.3 Å². The van der Waals surface area contributed by atoms with E-state index < -0.39 is 0 Å². The van der Waals surface area contributed by atoms with Crippen LogP contribution < -0.4 is 4.90 Å². The van der Waals surface area contributed by atoms with Crippen molar-refractivity contribution in [2.24, 2.45) is 0 Å². The number of anilines is 1. The van der Waals surface area contributed by atoms with Crippen LogP contribution in [-0.4, -0.2) is 34.2 Å². The van der Waals surface area contributed by atoms with Crippen LogP contribution in [0, 0.1) is 6.92 Å². The molecule has 27 heavy (non-hydrogen) atoms. The maximum Gasteiger partial charge on any atom is 0.156 e. The first-order valence-electron chi connectivity index (χ1n) is 9.40. The van der Waals surface area contributed by atoms with Crippen molar-refractivity contribution in [3.8, 4) is 0 Å². The number of aromatic nitrogens is 3. The van der Waals surface area contributed by atoms with E-state index in [2.05, 4.69) is 45.0 Å². The molecule has 0 radical (unpaired) electrons. The summed E-state index contributed by atoms with van der Waals surface area (Å²) in [6.07, 6.45) is 5.77. The Morgan fingerprint density at radius 2 is 2.22 bits per heavy atom. The highest BCUT2D eigenvalue weighted by molar-refractivity contribution is 6.08. The van der Waals surface area contributed by atoms with E-state index in [9.17, 15) is 0 Å². The average Bonchev–Trinajstić information content (AvgIpc) is 3.42. The Morgan fingerprint density at radius 3 is 3.04 bits per heavy atom. The number of hydrogen-bond donors (Lipinski definition) is 1. The van der Waals surface area contributed by atoms with Gasteiger partial charge in [0.25, 0.3) is 0 Å². The number of hydrogen-bond acceptors (Lipinski definition) is 5. The lowest BCUT2D eigenvalue weighted by atomic mass is 10.1. The first kappa shape index (κ1) is 16.3. The molecule has 1 fully saturated rings. The van der Waals surface area contributed by atoms with Crippen LogP contribution in [0.15, 0.2) is 47.3 Å². The predicted molar refractivity (Wildman–Crippen MR) is 105 cm³/mol. The van der Waals surface area contributed by atoms with Gasteiger partial charge in [-0.1, -0.05) is 11.6 Å². The summed E-state index contributed by atoms with van der Waals surface area (Å²) >= 11 is 0. The van der Waals surface area contributed by atoms with Gasteiger partial charge in [0.2, 0.25) is 0 Å². The van der Waals surface area contributed by atoms with Crippen molar-refractivity contribution in [2.45, 2.75) is 32.4 Å². The number of aryl methyl sites for hydroxylation is 1. The fourth-order valence-electron chi connectivity index (χ4n) is 3.88. The van der Waals surface area contributed by atoms with Crippen LogP contribution in [0.1, 0.15) is 24.2 Å². The fourth-order valence-corrected chi connectivity index (χ4v) is 3.88. The molecule has 1 atom stereocenters. The zero-order valence-electron chi connectivity index (χ0n) is 15.3. The molecule has 5 rings (SSSR count). The van der Waals surface area contributed by atoms with Gasteiger partial charge >= 0.3 is 0 Å². The summed E-state index contributed by atoms with van der Waals surface area (Å²) in [6, 6.07) is 10.3. The smallest absolute Gasteiger partial charge is 0.156 e. The Balaban J connectivity index is 1.61. The third kappa shape index (κ3) is 3.06. The SMILES string of the molecule is Cc1ccc2[nH]c3c(N(Cc4ccco4)CC4CCCO4)ncnc3c2c1. The predicted octanol–water partition coefficient (Wildman–Crippen LogP) is 4.20. The molecule has 1 aliphatic rings. The second kappa shape index (κ2) is 6.70. The van der Waals surface area contributed by atoms with E-state index in [0.29, 0.717) is 6.54 Å². The first-order chi connectivity index (χ1) is 13.3. The summed E-state index contributed by atoms with van der Waals surface area (Å²) in [5.41, 5.74) is 4.21. The quantitative estimate of drug-likeness (QED) is 0.576. The molecule has 6 heteroatoms. The normalized spacial score (nSPS) is 17.1. The van der Waals surface area contributed by atoms with E-state index in [1.165, 1.54) is 5.56 Å². The van der Waals surface area contributed by atoms with Crippen molar-refractivity contribution in [2.75, 3.05) is 18.1 Å². The van der Waals surface area contributed by atoms with Gasteiger partial charge in [-0.25, -0.2) is 9.97 Å². The van der Waals surface area contributed by atoms with Gasteiger partial charge in [-0.3, -0.25) is 0 Å². The van der Waals surface area contributed by atoms with Gasteiger partial charge in [-0.2, -0.15) is 0 Å². The number of H-pyrrole nitrogens is 1. The number of furan rings is 1. The van der Waals surface area contributed by atoms with Crippen molar-refractivity contribution in [3.05, 3.63) is 54.2 Å². The van der Waals surface area contributed by atoms with E-state index >= 15 is 0 Å². The van der Waals surface area contributed by atoms with E-state index in [0.717, 1.165) is 59.5 Å². The van der Waals surface area contributed by atoms with E-state index in [4.69, 9.17) is 9.15 Å². The summed E-state index contributed by atoms with van der Waals surface area (Å²) in [5.74, 6) is 1.80. The lowest BCUT2D eigenvalue weighted by Crippen LogP contribution is -2.32.